The van der Waals surface area contributed by atoms with E-state index in [2.05, 4.69) is 5.32 Å². The third-order valence-corrected chi connectivity index (χ3v) is 4.02. The van der Waals surface area contributed by atoms with Gasteiger partial charge in [-0.3, -0.25) is 4.79 Å². The average molecular weight is 347 g/mol. The summed E-state index contributed by atoms with van der Waals surface area (Å²) < 4.78 is 5.89. The van der Waals surface area contributed by atoms with Crippen LogP contribution in [-0.2, 0) is 11.2 Å². The Balaban J connectivity index is 1.65. The predicted octanol–water partition coefficient (Wildman–Crippen LogP) is 5.06. The zero-order chi connectivity index (χ0) is 18.4. The molecule has 1 amide bonds. The summed E-state index contributed by atoms with van der Waals surface area (Å²) in [4.78, 5) is 12.3. The van der Waals surface area contributed by atoms with E-state index in [1.807, 2.05) is 61.5 Å². The highest BCUT2D eigenvalue weighted by molar-refractivity contribution is 5.92. The van der Waals surface area contributed by atoms with Crippen LogP contribution in [0.1, 0.15) is 17.5 Å². The molecular formula is C22H21NO3. The molecule has 4 heteroatoms. The van der Waals surface area contributed by atoms with Gasteiger partial charge in [0.1, 0.15) is 11.5 Å². The third-order valence-electron chi connectivity index (χ3n) is 4.02. The van der Waals surface area contributed by atoms with Gasteiger partial charge in [0.25, 0.3) is 0 Å². The molecule has 0 spiro atoms. The molecule has 132 valence electrons. The molecule has 0 aliphatic rings. The Morgan fingerprint density at radius 1 is 0.962 bits per heavy atom. The largest absolute Gasteiger partial charge is 0.508 e. The molecule has 0 aliphatic carbocycles. The van der Waals surface area contributed by atoms with Crippen molar-refractivity contribution in [2.75, 3.05) is 5.32 Å². The Labute approximate surface area is 153 Å². The van der Waals surface area contributed by atoms with E-state index < -0.39 is 0 Å². The first-order chi connectivity index (χ1) is 12.6. The number of phenols is 1. The highest BCUT2D eigenvalue weighted by Crippen LogP contribution is 2.29. The van der Waals surface area contributed by atoms with E-state index in [1.54, 1.807) is 18.2 Å². The molecule has 4 nitrogen and oxygen atoms in total. The number of nitrogens with one attached hydrogen (secondary N) is 1. The van der Waals surface area contributed by atoms with Crippen LogP contribution >= 0.6 is 0 Å². The third kappa shape index (κ3) is 4.63. The minimum Gasteiger partial charge on any atom is -0.508 e. The van der Waals surface area contributed by atoms with Crippen LogP contribution in [0.4, 0.5) is 5.69 Å². The first-order valence-corrected chi connectivity index (χ1v) is 8.52. The Bertz CT molecular complexity index is 888. The van der Waals surface area contributed by atoms with E-state index in [0.29, 0.717) is 23.6 Å². The van der Waals surface area contributed by atoms with Crippen LogP contribution in [-0.4, -0.2) is 11.0 Å². The molecule has 0 atom stereocenters. The fraction of sp³-hybridized carbons (Fsp3) is 0.136. The first-order valence-electron chi connectivity index (χ1n) is 8.52. The number of para-hydroxylation sites is 3. The fourth-order valence-corrected chi connectivity index (χ4v) is 2.58. The highest BCUT2D eigenvalue weighted by atomic mass is 16.5. The molecule has 0 radical (unpaired) electrons. The molecule has 0 bridgehead atoms. The van der Waals surface area contributed by atoms with Crippen molar-refractivity contribution in [2.24, 2.45) is 0 Å². The molecule has 3 aromatic carbocycles. The lowest BCUT2D eigenvalue weighted by Crippen LogP contribution is -2.13. The summed E-state index contributed by atoms with van der Waals surface area (Å²) >= 11 is 0. The molecule has 0 heterocycles. The maximum absolute atomic E-state index is 12.3. The summed E-state index contributed by atoms with van der Waals surface area (Å²) in [5.74, 6) is 1.38. The lowest BCUT2D eigenvalue weighted by atomic mass is 10.1. The lowest BCUT2D eigenvalue weighted by Gasteiger charge is -2.12. The number of carbonyl (C=O) groups excluding carboxylic acids is 1. The van der Waals surface area contributed by atoms with Gasteiger partial charge in [0.2, 0.25) is 5.91 Å². The molecule has 0 fully saturated rings. The van der Waals surface area contributed by atoms with Crippen molar-refractivity contribution >= 4 is 11.6 Å². The van der Waals surface area contributed by atoms with Gasteiger partial charge in [-0.05, 0) is 49.2 Å². The zero-order valence-corrected chi connectivity index (χ0v) is 14.6. The van der Waals surface area contributed by atoms with E-state index in [0.717, 1.165) is 11.1 Å². The second-order valence-electron chi connectivity index (χ2n) is 6.09. The summed E-state index contributed by atoms with van der Waals surface area (Å²) in [5, 5.41) is 12.7. The van der Waals surface area contributed by atoms with E-state index in [9.17, 15) is 9.90 Å². The second kappa shape index (κ2) is 8.21. The lowest BCUT2D eigenvalue weighted by molar-refractivity contribution is -0.116. The van der Waals surface area contributed by atoms with Crippen LogP contribution in [0.3, 0.4) is 0 Å². The molecule has 3 rings (SSSR count). The quantitative estimate of drug-likeness (QED) is 0.655. The maximum Gasteiger partial charge on any atom is 0.224 e. The van der Waals surface area contributed by atoms with Crippen molar-refractivity contribution < 1.29 is 14.6 Å². The number of benzene rings is 3. The van der Waals surface area contributed by atoms with Crippen LogP contribution < -0.4 is 10.1 Å². The molecule has 2 N–H and O–H groups in total. The van der Waals surface area contributed by atoms with Gasteiger partial charge >= 0.3 is 0 Å². The van der Waals surface area contributed by atoms with Gasteiger partial charge in [0.05, 0.1) is 5.69 Å². The van der Waals surface area contributed by atoms with E-state index >= 15 is 0 Å². The Morgan fingerprint density at radius 2 is 1.65 bits per heavy atom. The second-order valence-corrected chi connectivity index (χ2v) is 6.09. The van der Waals surface area contributed by atoms with Gasteiger partial charge in [0, 0.05) is 6.42 Å². The summed E-state index contributed by atoms with van der Waals surface area (Å²) in [6.07, 6.45) is 0.746. The van der Waals surface area contributed by atoms with Crippen molar-refractivity contribution in [1.82, 2.24) is 0 Å². The van der Waals surface area contributed by atoms with Gasteiger partial charge in [-0.25, -0.2) is 0 Å². The summed E-state index contributed by atoms with van der Waals surface area (Å²) in [6, 6.07) is 22.1. The van der Waals surface area contributed by atoms with Crippen molar-refractivity contribution in [3.05, 3.63) is 83.9 Å². The van der Waals surface area contributed by atoms with Gasteiger partial charge in [-0.1, -0.05) is 48.0 Å². The number of carbonyl (C=O) groups is 1. The van der Waals surface area contributed by atoms with Crippen LogP contribution in [0.25, 0.3) is 0 Å². The number of hydrogen-bond donors (Lipinski definition) is 2. The first kappa shape index (κ1) is 17.5. The Kier molecular flexibility index (Phi) is 5.54. The number of rotatable bonds is 6. The van der Waals surface area contributed by atoms with Crippen LogP contribution in [0, 0.1) is 6.92 Å². The molecular weight excluding hydrogens is 326 g/mol. The van der Waals surface area contributed by atoms with Crippen LogP contribution in [0.2, 0.25) is 0 Å². The van der Waals surface area contributed by atoms with Gasteiger partial charge in [0.15, 0.2) is 5.75 Å². The number of anilines is 1. The SMILES string of the molecule is Cc1ccc(Oc2ccccc2NC(=O)CCc2ccccc2O)cc1. The molecule has 0 aliphatic heterocycles. The molecule has 0 unspecified atom stereocenters. The number of hydrogen-bond acceptors (Lipinski definition) is 3. The minimum absolute atomic E-state index is 0.131. The molecule has 26 heavy (non-hydrogen) atoms. The average Bonchev–Trinajstić information content (AvgIpc) is 2.64. The van der Waals surface area contributed by atoms with E-state index in [-0.39, 0.29) is 18.1 Å². The van der Waals surface area contributed by atoms with Crippen molar-refractivity contribution in [3.8, 4) is 17.2 Å². The highest BCUT2D eigenvalue weighted by Gasteiger charge is 2.10. The number of aryl methyl sites for hydroxylation is 2. The number of phenolic OH excluding ortho intramolecular Hbond substituents is 1. The maximum atomic E-state index is 12.3. The summed E-state index contributed by atoms with van der Waals surface area (Å²) in [6.45, 7) is 2.02. The number of aromatic hydroxyl groups is 1. The molecule has 0 saturated heterocycles. The van der Waals surface area contributed by atoms with Gasteiger partial charge in [-0.15, -0.1) is 0 Å². The van der Waals surface area contributed by atoms with Crippen molar-refractivity contribution in [1.29, 1.82) is 0 Å². The van der Waals surface area contributed by atoms with Gasteiger partial charge in [-0.2, -0.15) is 0 Å². The van der Waals surface area contributed by atoms with Crippen molar-refractivity contribution in [2.45, 2.75) is 19.8 Å². The Morgan fingerprint density at radius 3 is 2.42 bits per heavy atom. The smallest absolute Gasteiger partial charge is 0.224 e. The summed E-state index contributed by atoms with van der Waals surface area (Å²) in [5.41, 5.74) is 2.53. The van der Waals surface area contributed by atoms with Crippen LogP contribution in [0.15, 0.2) is 72.8 Å². The zero-order valence-electron chi connectivity index (χ0n) is 14.6. The van der Waals surface area contributed by atoms with Gasteiger partial charge < -0.3 is 15.2 Å². The van der Waals surface area contributed by atoms with Crippen LogP contribution in [0.5, 0.6) is 17.2 Å². The molecule has 0 saturated carbocycles. The standard InChI is InChI=1S/C22H21NO3/c1-16-10-13-18(14-11-16)26-21-9-5-3-7-19(21)23-22(25)15-12-17-6-2-4-8-20(17)24/h2-11,13-14,24H,12,15H2,1H3,(H,23,25). The number of ether oxygens (including phenoxy) is 1. The minimum atomic E-state index is -0.131. The molecule has 3 aromatic rings. The van der Waals surface area contributed by atoms with E-state index in [1.165, 1.54) is 0 Å². The Hall–Kier alpha value is -3.27. The molecule has 0 aromatic heterocycles. The number of amides is 1. The van der Waals surface area contributed by atoms with E-state index in [4.69, 9.17) is 4.74 Å². The summed E-state index contributed by atoms with van der Waals surface area (Å²) in [7, 11) is 0. The normalized spacial score (nSPS) is 10.3. The predicted molar refractivity (Wildman–Crippen MR) is 103 cm³/mol. The monoisotopic (exact) mass is 347 g/mol. The topological polar surface area (TPSA) is 58.6 Å². The van der Waals surface area contributed by atoms with Crippen molar-refractivity contribution in [3.63, 3.8) is 0 Å². The fourth-order valence-electron chi connectivity index (χ4n) is 2.58.